The maximum absolute atomic E-state index is 14.4. The van der Waals surface area contributed by atoms with E-state index in [1.54, 1.807) is 24.3 Å². The van der Waals surface area contributed by atoms with Gasteiger partial charge in [-0.05, 0) is 78.6 Å². The molecule has 3 atom stereocenters. The van der Waals surface area contributed by atoms with E-state index in [1.165, 1.54) is 4.57 Å². The van der Waals surface area contributed by atoms with Crippen molar-refractivity contribution in [2.24, 2.45) is 11.8 Å². The molecule has 1 fully saturated rings. The molecule has 1 aliphatic carbocycles. The quantitative estimate of drug-likeness (QED) is 0.389. The van der Waals surface area contributed by atoms with E-state index in [9.17, 15) is 18.4 Å². The summed E-state index contributed by atoms with van der Waals surface area (Å²) in [6.07, 6.45) is -2.69. The summed E-state index contributed by atoms with van der Waals surface area (Å²) in [6, 6.07) is 8.10. The van der Waals surface area contributed by atoms with Gasteiger partial charge in [0.1, 0.15) is 11.8 Å². The van der Waals surface area contributed by atoms with Gasteiger partial charge >= 0.3 is 6.18 Å². The number of hydrogen-bond acceptors (Lipinski definition) is 2. The van der Waals surface area contributed by atoms with Crippen LogP contribution in [0.15, 0.2) is 28.7 Å². The minimum absolute atomic E-state index is 0.00141. The molecule has 3 unspecified atom stereocenters. The van der Waals surface area contributed by atoms with Crippen LogP contribution in [0.4, 0.5) is 13.2 Å². The number of ether oxygens (including phenoxy) is 1. The van der Waals surface area contributed by atoms with E-state index < -0.39 is 23.5 Å². The van der Waals surface area contributed by atoms with E-state index in [0.29, 0.717) is 23.6 Å². The zero-order valence-electron chi connectivity index (χ0n) is 18.6. The summed E-state index contributed by atoms with van der Waals surface area (Å²) < 4.78 is 50.4. The molecule has 1 heterocycles. The molecule has 3 rings (SSSR count). The van der Waals surface area contributed by atoms with E-state index in [0.717, 1.165) is 12.8 Å². The molecular weight excluding hydrogens is 505 g/mol. The Labute approximate surface area is 200 Å². The first kappa shape index (κ1) is 25.1. The normalized spacial score (nSPS) is 24.0. The van der Waals surface area contributed by atoms with Crippen molar-refractivity contribution >= 4 is 27.5 Å². The van der Waals surface area contributed by atoms with Crippen LogP contribution < -0.4 is 0 Å². The molecule has 8 heteroatoms. The first-order chi connectivity index (χ1) is 14.9. The summed E-state index contributed by atoms with van der Waals surface area (Å²) in [6.45, 7) is 8.44. The molecule has 0 amide bonds. The minimum atomic E-state index is -4.64. The second-order valence-corrected chi connectivity index (χ2v) is 10.2. The standard InChI is InChI=1S/C24H27BrClF3N2O/c1-5-32-23(4)11-10-17(14(2)3)19(12-23)31-21(15-6-8-16(26)9-7-15)18(13-30)20(25)22(31)24(27,28)29/h6-9,14,17,19H,5,10-12H2,1-4H3. The zero-order chi connectivity index (χ0) is 23.8. The van der Waals surface area contributed by atoms with Crippen molar-refractivity contribution in [3.8, 4) is 17.3 Å². The topological polar surface area (TPSA) is 38.0 Å². The molecule has 0 saturated heterocycles. The predicted octanol–water partition coefficient (Wildman–Crippen LogP) is 8.25. The molecule has 1 aromatic carbocycles. The SMILES string of the molecule is CCOC1(C)CCC(C(C)C)C(n2c(-c3ccc(Cl)cc3)c(C#N)c(Br)c2C(F)(F)F)C1. The first-order valence-electron chi connectivity index (χ1n) is 10.7. The number of aromatic nitrogens is 1. The second-order valence-electron chi connectivity index (χ2n) is 8.97. The molecule has 32 heavy (non-hydrogen) atoms. The molecule has 1 saturated carbocycles. The predicted molar refractivity (Wildman–Crippen MR) is 124 cm³/mol. The van der Waals surface area contributed by atoms with Gasteiger partial charge in [-0.1, -0.05) is 37.6 Å². The maximum atomic E-state index is 14.4. The smallest absolute Gasteiger partial charge is 0.375 e. The Balaban J connectivity index is 2.35. The molecule has 0 bridgehead atoms. The molecule has 2 aromatic rings. The van der Waals surface area contributed by atoms with Gasteiger partial charge in [-0.3, -0.25) is 0 Å². The van der Waals surface area contributed by atoms with E-state index in [4.69, 9.17) is 16.3 Å². The van der Waals surface area contributed by atoms with Crippen LogP contribution >= 0.6 is 27.5 Å². The van der Waals surface area contributed by atoms with Gasteiger partial charge in [0.15, 0.2) is 0 Å². The number of rotatable bonds is 5. The van der Waals surface area contributed by atoms with Crippen LogP contribution in [-0.2, 0) is 10.9 Å². The third-order valence-corrected chi connectivity index (χ3v) is 7.49. The largest absolute Gasteiger partial charge is 0.432 e. The van der Waals surface area contributed by atoms with Crippen LogP contribution in [0.3, 0.4) is 0 Å². The van der Waals surface area contributed by atoms with E-state index >= 15 is 0 Å². The molecule has 0 aliphatic heterocycles. The van der Waals surface area contributed by atoms with E-state index in [2.05, 4.69) is 15.9 Å². The van der Waals surface area contributed by atoms with Gasteiger partial charge in [-0.15, -0.1) is 0 Å². The van der Waals surface area contributed by atoms with Crippen LogP contribution in [0.1, 0.15) is 64.3 Å². The third kappa shape index (κ3) is 4.73. The first-order valence-corrected chi connectivity index (χ1v) is 11.9. The minimum Gasteiger partial charge on any atom is -0.375 e. The average Bonchev–Trinajstić information content (AvgIpc) is 3.00. The van der Waals surface area contributed by atoms with Crippen LogP contribution in [0.25, 0.3) is 11.3 Å². The Morgan fingerprint density at radius 1 is 1.31 bits per heavy atom. The number of hydrogen-bond donors (Lipinski definition) is 0. The number of benzene rings is 1. The molecular formula is C24H27BrClF3N2O. The lowest BCUT2D eigenvalue weighted by molar-refractivity contribution is -0.147. The van der Waals surface area contributed by atoms with Crippen molar-refractivity contribution in [3.63, 3.8) is 0 Å². The lowest BCUT2D eigenvalue weighted by atomic mass is 9.71. The molecule has 174 valence electrons. The lowest BCUT2D eigenvalue weighted by Crippen LogP contribution is -2.42. The van der Waals surface area contributed by atoms with Crippen molar-refractivity contribution in [1.82, 2.24) is 4.57 Å². The second kappa shape index (κ2) is 9.40. The molecule has 1 aromatic heterocycles. The van der Waals surface area contributed by atoms with Crippen molar-refractivity contribution in [3.05, 3.63) is 45.0 Å². The molecule has 0 radical (unpaired) electrons. The summed E-state index contributed by atoms with van der Waals surface area (Å²) in [4.78, 5) is 0. The lowest BCUT2D eigenvalue weighted by Gasteiger charge is -2.45. The van der Waals surface area contributed by atoms with E-state index in [1.807, 2.05) is 33.8 Å². The average molecular weight is 532 g/mol. The molecule has 0 N–H and O–H groups in total. The van der Waals surface area contributed by atoms with Gasteiger partial charge in [0, 0.05) is 17.7 Å². The number of nitrogens with zero attached hydrogens (tertiary/aromatic N) is 2. The maximum Gasteiger partial charge on any atom is 0.432 e. The van der Waals surface area contributed by atoms with Gasteiger partial charge in [0.25, 0.3) is 0 Å². The fourth-order valence-electron chi connectivity index (χ4n) is 5.05. The third-order valence-electron chi connectivity index (χ3n) is 6.47. The summed E-state index contributed by atoms with van der Waals surface area (Å²) in [5.74, 6) is 0.165. The van der Waals surface area contributed by atoms with Gasteiger partial charge in [-0.2, -0.15) is 18.4 Å². The van der Waals surface area contributed by atoms with Gasteiger partial charge in [-0.25, -0.2) is 0 Å². The highest BCUT2D eigenvalue weighted by molar-refractivity contribution is 9.10. The van der Waals surface area contributed by atoms with Crippen molar-refractivity contribution in [1.29, 1.82) is 5.26 Å². The van der Waals surface area contributed by atoms with Gasteiger partial charge in [0.05, 0.1) is 21.3 Å². The van der Waals surface area contributed by atoms with Crippen LogP contribution in [0.2, 0.25) is 5.02 Å². The summed E-state index contributed by atoms with van der Waals surface area (Å²) in [7, 11) is 0. The van der Waals surface area contributed by atoms with Gasteiger partial charge < -0.3 is 9.30 Å². The van der Waals surface area contributed by atoms with Crippen molar-refractivity contribution < 1.29 is 17.9 Å². The van der Waals surface area contributed by atoms with Crippen molar-refractivity contribution in [2.45, 2.75) is 64.8 Å². The highest BCUT2D eigenvalue weighted by atomic mass is 79.9. The van der Waals surface area contributed by atoms with Gasteiger partial charge in [0.2, 0.25) is 0 Å². The number of halogens is 5. The zero-order valence-corrected chi connectivity index (χ0v) is 20.9. The van der Waals surface area contributed by atoms with Crippen LogP contribution in [-0.4, -0.2) is 16.8 Å². The Morgan fingerprint density at radius 3 is 2.44 bits per heavy atom. The monoisotopic (exact) mass is 530 g/mol. The molecule has 3 nitrogen and oxygen atoms in total. The van der Waals surface area contributed by atoms with Crippen LogP contribution in [0, 0.1) is 23.2 Å². The Kier molecular flexibility index (Phi) is 7.39. The Bertz CT molecular complexity index is 1010. The van der Waals surface area contributed by atoms with Crippen molar-refractivity contribution in [2.75, 3.05) is 6.61 Å². The Morgan fingerprint density at radius 2 is 1.94 bits per heavy atom. The highest BCUT2D eigenvalue weighted by Gasteiger charge is 2.47. The Hall–Kier alpha value is -1.49. The summed E-state index contributed by atoms with van der Waals surface area (Å²) >= 11 is 9.15. The highest BCUT2D eigenvalue weighted by Crippen LogP contribution is 2.51. The molecule has 1 aliphatic rings. The van der Waals surface area contributed by atoms with E-state index in [-0.39, 0.29) is 27.6 Å². The fourth-order valence-corrected chi connectivity index (χ4v) is 5.86. The number of nitriles is 1. The summed E-state index contributed by atoms with van der Waals surface area (Å²) in [5.41, 5.74) is -0.594. The van der Waals surface area contributed by atoms with Crippen LogP contribution in [0.5, 0.6) is 0 Å². The number of alkyl halides is 3. The summed E-state index contributed by atoms with van der Waals surface area (Å²) in [5, 5.41) is 10.3. The fraction of sp³-hybridized carbons (Fsp3) is 0.542. The molecule has 0 spiro atoms.